The third-order valence-electron chi connectivity index (χ3n) is 1.46. The lowest BCUT2D eigenvalue weighted by Crippen LogP contribution is -2.15. The monoisotopic (exact) mass is 167 g/mol. The van der Waals surface area contributed by atoms with Crippen molar-refractivity contribution in [3.8, 4) is 0 Å². The van der Waals surface area contributed by atoms with E-state index < -0.39 is 11.1 Å². The highest BCUT2D eigenvalue weighted by molar-refractivity contribution is 5.72. The van der Waals surface area contributed by atoms with Crippen molar-refractivity contribution in [3.05, 3.63) is 20.7 Å². The molecule has 0 unspecified atom stereocenters. The van der Waals surface area contributed by atoms with Crippen molar-refractivity contribution in [1.29, 1.82) is 0 Å². The van der Waals surface area contributed by atoms with Crippen molar-refractivity contribution in [2.45, 2.75) is 0 Å². The lowest BCUT2D eigenvalue weighted by molar-refractivity contribution is 1.06. The van der Waals surface area contributed by atoms with Crippen LogP contribution >= 0.6 is 0 Å². The summed E-state index contributed by atoms with van der Waals surface area (Å²) < 4.78 is 0. The van der Waals surface area contributed by atoms with E-state index >= 15 is 0 Å². The quantitative estimate of drug-likeness (QED) is 0.382. The number of nitrogen functional groups attached to an aromatic ring is 1. The molecule has 7 nitrogen and oxygen atoms in total. The number of hydrogen-bond acceptors (Lipinski definition) is 4. The predicted octanol–water partition coefficient (Wildman–Crippen LogP) is -1.48. The van der Waals surface area contributed by atoms with Crippen LogP contribution in [0.1, 0.15) is 0 Å². The van der Waals surface area contributed by atoms with Crippen LogP contribution in [0.2, 0.25) is 0 Å². The summed E-state index contributed by atoms with van der Waals surface area (Å²) in [5, 5.41) is 4.61. The number of fused-ring (bicyclic) bond motifs is 1. The van der Waals surface area contributed by atoms with Crippen LogP contribution < -0.4 is 16.9 Å². The zero-order valence-electron chi connectivity index (χ0n) is 5.84. The minimum Gasteiger partial charge on any atom is -0.369 e. The summed E-state index contributed by atoms with van der Waals surface area (Å²) in [6.45, 7) is 0. The molecular weight excluding hydrogens is 162 g/mol. The molecule has 62 valence electrons. The molecule has 0 aromatic carbocycles. The third kappa shape index (κ3) is 0.729. The van der Waals surface area contributed by atoms with Crippen LogP contribution in [0.3, 0.4) is 0 Å². The molecule has 0 atom stereocenters. The number of anilines is 1. The maximum Gasteiger partial charge on any atom is 0.279 e. The van der Waals surface area contributed by atoms with E-state index in [1.54, 1.807) is 0 Å². The van der Waals surface area contributed by atoms with Crippen molar-refractivity contribution in [2.75, 3.05) is 5.73 Å². The fraction of sp³-hybridized carbons (Fsp3) is 0. The van der Waals surface area contributed by atoms with Gasteiger partial charge in [-0.2, -0.15) is 4.98 Å². The maximum atomic E-state index is 11.1. The first-order chi connectivity index (χ1) is 5.68. The van der Waals surface area contributed by atoms with Crippen LogP contribution in [-0.4, -0.2) is 20.2 Å². The average molecular weight is 167 g/mol. The van der Waals surface area contributed by atoms with Crippen LogP contribution in [0.15, 0.2) is 9.59 Å². The molecule has 0 saturated heterocycles. The molecule has 2 aromatic heterocycles. The number of rotatable bonds is 0. The summed E-state index contributed by atoms with van der Waals surface area (Å²) in [7, 11) is 0. The van der Waals surface area contributed by atoms with Gasteiger partial charge < -0.3 is 5.73 Å². The largest absolute Gasteiger partial charge is 0.369 e. The minimum absolute atomic E-state index is 0.0252. The van der Waals surface area contributed by atoms with Gasteiger partial charge in [-0.1, -0.05) is 0 Å². The molecule has 0 aliphatic rings. The zero-order valence-corrected chi connectivity index (χ0v) is 5.84. The Morgan fingerprint density at radius 3 is 2.67 bits per heavy atom. The summed E-state index contributed by atoms with van der Waals surface area (Å²) in [6.07, 6.45) is 0. The Morgan fingerprint density at radius 2 is 1.92 bits per heavy atom. The van der Waals surface area contributed by atoms with Crippen molar-refractivity contribution >= 4 is 17.0 Å². The number of hydrogen-bond donors (Lipinski definition) is 4. The Bertz CT molecular complexity index is 532. The van der Waals surface area contributed by atoms with Crippen LogP contribution in [0, 0.1) is 0 Å². The van der Waals surface area contributed by atoms with Crippen LogP contribution in [-0.2, 0) is 0 Å². The Labute approximate surface area is 64.6 Å². The molecule has 0 amide bonds. The van der Waals surface area contributed by atoms with Gasteiger partial charge in [0.15, 0.2) is 11.0 Å². The highest BCUT2D eigenvalue weighted by atomic mass is 16.1. The van der Waals surface area contributed by atoms with Crippen molar-refractivity contribution in [3.63, 3.8) is 0 Å². The van der Waals surface area contributed by atoms with Gasteiger partial charge in [-0.15, -0.1) is 0 Å². The van der Waals surface area contributed by atoms with Gasteiger partial charge in [-0.25, -0.2) is 0 Å². The van der Waals surface area contributed by atoms with Crippen molar-refractivity contribution in [1.82, 2.24) is 20.2 Å². The molecular formula is C5H5N5O2. The van der Waals surface area contributed by atoms with Crippen molar-refractivity contribution < 1.29 is 0 Å². The van der Waals surface area contributed by atoms with E-state index in [0.717, 1.165) is 0 Å². The lowest BCUT2D eigenvalue weighted by atomic mass is 10.4. The molecule has 0 fully saturated rings. The Kier molecular flexibility index (Phi) is 1.09. The molecule has 12 heavy (non-hydrogen) atoms. The molecule has 0 spiro atoms. The molecule has 2 aromatic rings. The molecule has 7 heteroatoms. The maximum absolute atomic E-state index is 11.1. The van der Waals surface area contributed by atoms with Gasteiger partial charge in [-0.3, -0.25) is 24.8 Å². The third-order valence-corrected chi connectivity index (χ3v) is 1.46. The fourth-order valence-electron chi connectivity index (χ4n) is 0.970. The summed E-state index contributed by atoms with van der Waals surface area (Å²) in [5.41, 5.74) is 4.36. The molecule has 0 radical (unpaired) electrons. The number of nitrogens with zero attached hydrogens (tertiary/aromatic N) is 1. The van der Waals surface area contributed by atoms with Gasteiger partial charge in [0.05, 0.1) is 0 Å². The lowest BCUT2D eigenvalue weighted by Gasteiger charge is -1.89. The van der Waals surface area contributed by atoms with E-state index in [2.05, 4.69) is 20.2 Å². The van der Waals surface area contributed by atoms with E-state index in [1.165, 1.54) is 0 Å². The normalized spacial score (nSPS) is 10.7. The Hall–Kier alpha value is -2.05. The minimum atomic E-state index is -0.542. The summed E-state index contributed by atoms with van der Waals surface area (Å²) in [4.78, 5) is 27.9. The van der Waals surface area contributed by atoms with Gasteiger partial charge in [0.2, 0.25) is 5.95 Å². The first kappa shape index (κ1) is 6.65. The second-order valence-corrected chi connectivity index (χ2v) is 2.25. The number of H-pyrrole nitrogens is 3. The van der Waals surface area contributed by atoms with Crippen LogP contribution in [0.25, 0.3) is 11.0 Å². The summed E-state index contributed by atoms with van der Waals surface area (Å²) >= 11 is 0. The van der Waals surface area contributed by atoms with E-state index in [4.69, 9.17) is 5.73 Å². The second kappa shape index (κ2) is 1.97. The molecule has 0 aliphatic heterocycles. The van der Waals surface area contributed by atoms with Gasteiger partial charge >= 0.3 is 0 Å². The van der Waals surface area contributed by atoms with Gasteiger partial charge in [0, 0.05) is 0 Å². The number of aromatic amines is 3. The highest BCUT2D eigenvalue weighted by Crippen LogP contribution is 1.95. The first-order valence-electron chi connectivity index (χ1n) is 3.14. The van der Waals surface area contributed by atoms with Crippen molar-refractivity contribution in [2.24, 2.45) is 0 Å². The molecule has 2 rings (SSSR count). The predicted molar refractivity (Wildman–Crippen MR) is 41.7 cm³/mol. The molecule has 0 saturated carbocycles. The Morgan fingerprint density at radius 1 is 1.17 bits per heavy atom. The average Bonchev–Trinajstić information content (AvgIpc) is 2.31. The summed E-state index contributed by atoms with van der Waals surface area (Å²) in [5.74, 6) is -0.0252. The number of aromatic nitrogens is 4. The first-order valence-corrected chi connectivity index (χ1v) is 3.14. The summed E-state index contributed by atoms with van der Waals surface area (Å²) in [6, 6.07) is 0. The second-order valence-electron chi connectivity index (χ2n) is 2.25. The smallest absolute Gasteiger partial charge is 0.279 e. The van der Waals surface area contributed by atoms with E-state index in [-0.39, 0.29) is 17.0 Å². The molecule has 5 N–H and O–H groups in total. The standard InChI is InChI=1S/C5H5N5O2/c6-5-7-2-1(3(11)8-5)4(12)10-9-2/h(H5,6,7,8,9,10,11,12). The van der Waals surface area contributed by atoms with Crippen LogP contribution in [0.5, 0.6) is 0 Å². The Balaban J connectivity index is 3.13. The van der Waals surface area contributed by atoms with E-state index in [9.17, 15) is 9.59 Å². The van der Waals surface area contributed by atoms with Gasteiger partial charge in [0.25, 0.3) is 11.1 Å². The van der Waals surface area contributed by atoms with Crippen LogP contribution in [0.4, 0.5) is 5.95 Å². The molecule has 0 aliphatic carbocycles. The fourth-order valence-corrected chi connectivity index (χ4v) is 0.970. The number of nitrogens with one attached hydrogen (secondary N) is 3. The van der Waals surface area contributed by atoms with E-state index in [0.29, 0.717) is 0 Å². The van der Waals surface area contributed by atoms with Gasteiger partial charge in [-0.05, 0) is 0 Å². The topological polar surface area (TPSA) is 120 Å². The van der Waals surface area contributed by atoms with E-state index in [1.807, 2.05) is 0 Å². The molecule has 0 bridgehead atoms. The SMILES string of the molecule is Nc1nc2[nH][nH]c(=O)c2c(=O)[nH]1. The number of nitrogens with two attached hydrogens (primary N) is 1. The highest BCUT2D eigenvalue weighted by Gasteiger charge is 2.06. The molecule has 2 heterocycles. The zero-order chi connectivity index (χ0) is 8.72. The van der Waals surface area contributed by atoms with Gasteiger partial charge in [0.1, 0.15) is 0 Å².